The average molecular weight is 708 g/mol. The Labute approximate surface area is 295 Å². The van der Waals surface area contributed by atoms with Crippen LogP contribution in [0.3, 0.4) is 0 Å². The number of thiazole rings is 1. The number of ether oxygens (including phenoxy) is 1. The SMILES string of the molecule is CCC(C)[C@@H]1NC(=O)[C@H]2N=C(O[C@@H]2C)[C@@H]2CCCN2C(=O)[C@@H](Cc2ccccc2)NC(=O)c2csc(n2)[C@@H](C(C)C)NC(=O)[C@@H]2CSC1=N2. The van der Waals surface area contributed by atoms with Crippen LogP contribution in [0.1, 0.15) is 81.0 Å². The first-order valence-electron chi connectivity index (χ1n) is 17.2. The van der Waals surface area contributed by atoms with Crippen molar-refractivity contribution < 1.29 is 23.9 Å². The van der Waals surface area contributed by atoms with Crippen LogP contribution in [0, 0.1) is 11.8 Å². The molecule has 0 saturated carbocycles. The summed E-state index contributed by atoms with van der Waals surface area (Å²) in [6, 6.07) is 5.97. The summed E-state index contributed by atoms with van der Waals surface area (Å²) in [4.78, 5) is 71.4. The molecule has 3 N–H and O–H groups in total. The van der Waals surface area contributed by atoms with Crippen molar-refractivity contribution in [3.05, 3.63) is 52.0 Å². The lowest BCUT2D eigenvalue weighted by molar-refractivity contribution is -0.133. The Balaban J connectivity index is 1.38. The zero-order valence-electron chi connectivity index (χ0n) is 28.5. The van der Waals surface area contributed by atoms with Crippen molar-refractivity contribution in [3.8, 4) is 0 Å². The molecule has 1 aromatic carbocycles. The lowest BCUT2D eigenvalue weighted by Crippen LogP contribution is -2.52. The first-order chi connectivity index (χ1) is 23.5. The van der Waals surface area contributed by atoms with Gasteiger partial charge in [-0.3, -0.25) is 24.2 Å². The van der Waals surface area contributed by atoms with Gasteiger partial charge in [0.2, 0.25) is 23.6 Å². The molecule has 4 amide bonds. The van der Waals surface area contributed by atoms with Gasteiger partial charge in [0, 0.05) is 24.1 Å². The molecule has 4 aliphatic heterocycles. The number of fused-ring (bicyclic) bond motifs is 6. The van der Waals surface area contributed by atoms with E-state index in [1.54, 1.807) is 10.3 Å². The molecule has 8 atom stereocenters. The molecular weight excluding hydrogens is 663 g/mol. The molecule has 0 aliphatic carbocycles. The number of aromatic nitrogens is 1. The van der Waals surface area contributed by atoms with E-state index in [9.17, 15) is 19.2 Å². The Morgan fingerprint density at radius 2 is 1.76 bits per heavy atom. The fraction of sp³-hybridized carbons (Fsp3) is 0.571. The van der Waals surface area contributed by atoms with E-state index in [0.29, 0.717) is 29.6 Å². The molecule has 1 saturated heterocycles. The van der Waals surface area contributed by atoms with Crippen LogP contribution in [0.2, 0.25) is 0 Å². The van der Waals surface area contributed by atoms with E-state index in [0.717, 1.165) is 23.4 Å². The highest BCUT2D eigenvalue weighted by atomic mass is 32.2. The number of amides is 4. The molecule has 2 aromatic rings. The van der Waals surface area contributed by atoms with Gasteiger partial charge in [-0.1, -0.05) is 64.4 Å². The zero-order valence-corrected chi connectivity index (χ0v) is 30.2. The van der Waals surface area contributed by atoms with Crippen LogP contribution in [-0.4, -0.2) is 93.1 Å². The Bertz CT molecular complexity index is 1630. The quantitative estimate of drug-likeness (QED) is 0.430. The Kier molecular flexibility index (Phi) is 10.7. The van der Waals surface area contributed by atoms with E-state index >= 15 is 0 Å². The van der Waals surface area contributed by atoms with Crippen LogP contribution in [0.15, 0.2) is 45.7 Å². The summed E-state index contributed by atoms with van der Waals surface area (Å²) in [5.74, 6) is -0.359. The summed E-state index contributed by atoms with van der Waals surface area (Å²) in [5, 5.41) is 12.3. The van der Waals surface area contributed by atoms with Crippen molar-refractivity contribution >= 4 is 57.7 Å². The van der Waals surface area contributed by atoms with Crippen LogP contribution in [0.5, 0.6) is 0 Å². The summed E-state index contributed by atoms with van der Waals surface area (Å²) in [6.45, 7) is 10.4. The number of nitrogens with one attached hydrogen (secondary N) is 3. The third-order valence-electron chi connectivity index (χ3n) is 9.73. The lowest BCUT2D eigenvalue weighted by atomic mass is 9.99. The Morgan fingerprint density at radius 1 is 1.00 bits per heavy atom. The number of thioether (sulfide) groups is 1. The number of benzene rings is 1. The molecule has 0 spiro atoms. The van der Waals surface area contributed by atoms with Crippen LogP contribution in [0.25, 0.3) is 0 Å². The van der Waals surface area contributed by atoms with E-state index in [2.05, 4.69) is 34.8 Å². The second-order valence-electron chi connectivity index (χ2n) is 13.6. The van der Waals surface area contributed by atoms with Crippen molar-refractivity contribution in [3.63, 3.8) is 0 Å². The topological polar surface area (TPSA) is 154 Å². The molecule has 6 bridgehead atoms. The molecular formula is C35H45N7O5S2. The largest absolute Gasteiger partial charge is 0.474 e. The predicted molar refractivity (Wildman–Crippen MR) is 191 cm³/mol. The minimum Gasteiger partial charge on any atom is -0.474 e. The molecule has 5 heterocycles. The molecule has 1 unspecified atom stereocenters. The standard InChI is InChI=1S/C35H45N7O5S2/c1-6-19(4)27-34-38-24(17-49-34)30(44)39-26(18(2)3)33-37-23(16-48-33)29(43)36-22(15-21-11-8-7-9-12-21)35(46)42-14-10-13-25(42)32-41-28(20(5)47-32)31(45)40-27/h7-9,11-12,16,18-20,22,24-28H,6,10,13-15,17H2,1-5H3,(H,36,43)(H,39,44)(H,40,45)/t19?,20-,22-,24+,25+,26-,27+,28+/m1/s1. The molecule has 1 aromatic heterocycles. The molecule has 6 rings (SSSR count). The number of rotatable bonds is 5. The summed E-state index contributed by atoms with van der Waals surface area (Å²) in [5.41, 5.74) is 1.09. The number of hydrogen-bond acceptors (Lipinski definition) is 10. The maximum Gasteiger partial charge on any atom is 0.271 e. The highest BCUT2D eigenvalue weighted by molar-refractivity contribution is 8.14. The summed E-state index contributed by atoms with van der Waals surface area (Å²) >= 11 is 2.78. The van der Waals surface area contributed by atoms with Gasteiger partial charge in [0.05, 0.1) is 17.1 Å². The van der Waals surface area contributed by atoms with Crippen molar-refractivity contribution in [1.29, 1.82) is 0 Å². The van der Waals surface area contributed by atoms with E-state index < -0.39 is 42.2 Å². The second kappa shape index (κ2) is 15.0. The van der Waals surface area contributed by atoms with Gasteiger partial charge in [-0.05, 0) is 37.2 Å². The minimum atomic E-state index is -0.878. The molecule has 4 aliphatic rings. The molecule has 14 heteroatoms. The number of nitrogens with zero attached hydrogens (tertiary/aromatic N) is 4. The van der Waals surface area contributed by atoms with Gasteiger partial charge in [-0.25, -0.2) is 9.98 Å². The van der Waals surface area contributed by atoms with Gasteiger partial charge < -0.3 is 25.6 Å². The third-order valence-corrected chi connectivity index (χ3v) is 11.8. The smallest absolute Gasteiger partial charge is 0.271 e. The summed E-state index contributed by atoms with van der Waals surface area (Å²) in [6.07, 6.45) is 1.91. The normalized spacial score (nSPS) is 30.0. The molecule has 262 valence electrons. The van der Waals surface area contributed by atoms with Gasteiger partial charge in [-0.2, -0.15) is 0 Å². The van der Waals surface area contributed by atoms with Crippen molar-refractivity contribution in [2.75, 3.05) is 12.3 Å². The van der Waals surface area contributed by atoms with Gasteiger partial charge in [0.25, 0.3) is 5.91 Å². The minimum absolute atomic E-state index is 0.0161. The Hall–Kier alpha value is -3.78. The maximum absolute atomic E-state index is 14.3. The van der Waals surface area contributed by atoms with Gasteiger partial charge in [0.1, 0.15) is 34.9 Å². The average Bonchev–Trinajstić information content (AvgIpc) is 3.91. The number of carbonyl (C=O) groups excluding carboxylic acids is 4. The molecule has 0 radical (unpaired) electrons. The highest BCUT2D eigenvalue weighted by Crippen LogP contribution is 2.30. The highest BCUT2D eigenvalue weighted by Gasteiger charge is 2.44. The van der Waals surface area contributed by atoms with Crippen LogP contribution >= 0.6 is 23.1 Å². The van der Waals surface area contributed by atoms with E-state index in [1.807, 2.05) is 51.1 Å². The fourth-order valence-electron chi connectivity index (χ4n) is 6.65. The van der Waals surface area contributed by atoms with E-state index in [1.165, 1.54) is 23.1 Å². The van der Waals surface area contributed by atoms with Gasteiger partial charge in [0.15, 0.2) is 6.04 Å². The van der Waals surface area contributed by atoms with Crippen molar-refractivity contribution in [1.82, 2.24) is 25.8 Å². The maximum atomic E-state index is 14.3. The lowest BCUT2D eigenvalue weighted by Gasteiger charge is -2.29. The number of aliphatic imine (C=N–C) groups is 2. The van der Waals surface area contributed by atoms with E-state index in [4.69, 9.17) is 14.7 Å². The van der Waals surface area contributed by atoms with Gasteiger partial charge in [-0.15, -0.1) is 23.1 Å². The first kappa shape index (κ1) is 35.1. The van der Waals surface area contributed by atoms with Gasteiger partial charge >= 0.3 is 0 Å². The first-order valence-corrected chi connectivity index (χ1v) is 19.1. The number of carbonyl (C=O) groups is 4. The predicted octanol–water partition coefficient (Wildman–Crippen LogP) is 3.53. The van der Waals surface area contributed by atoms with Crippen LogP contribution in [0.4, 0.5) is 0 Å². The fourth-order valence-corrected chi connectivity index (χ4v) is 8.90. The van der Waals surface area contributed by atoms with Crippen molar-refractivity contribution in [2.45, 2.75) is 103 Å². The van der Waals surface area contributed by atoms with Crippen LogP contribution in [-0.2, 0) is 25.5 Å². The van der Waals surface area contributed by atoms with Crippen molar-refractivity contribution in [2.24, 2.45) is 21.8 Å². The van der Waals surface area contributed by atoms with E-state index in [-0.39, 0.29) is 47.7 Å². The third kappa shape index (κ3) is 7.54. The Morgan fingerprint density at radius 3 is 2.49 bits per heavy atom. The zero-order chi connectivity index (χ0) is 34.8. The summed E-state index contributed by atoms with van der Waals surface area (Å²) in [7, 11) is 0. The number of hydrogen-bond donors (Lipinski definition) is 3. The molecule has 1 fully saturated rings. The monoisotopic (exact) mass is 707 g/mol. The summed E-state index contributed by atoms with van der Waals surface area (Å²) < 4.78 is 6.20. The molecule has 12 nitrogen and oxygen atoms in total. The second-order valence-corrected chi connectivity index (χ2v) is 15.5. The molecule has 49 heavy (non-hydrogen) atoms. The van der Waals surface area contributed by atoms with Crippen LogP contribution < -0.4 is 16.0 Å².